The first-order valence-electron chi connectivity index (χ1n) is 7.36. The fourth-order valence-corrected chi connectivity index (χ4v) is 2.15. The molecule has 1 atom stereocenters. The van der Waals surface area contributed by atoms with E-state index in [1.807, 2.05) is 6.20 Å². The molecular formula is C16H28N2O. The number of nitrogens with one attached hydrogen (secondary N) is 1. The Labute approximate surface area is 117 Å². The molecule has 1 N–H and O–H groups in total. The van der Waals surface area contributed by atoms with Crippen LogP contribution in [0.2, 0.25) is 0 Å². The second-order valence-corrected chi connectivity index (χ2v) is 5.64. The van der Waals surface area contributed by atoms with E-state index in [4.69, 9.17) is 4.74 Å². The molecule has 3 heteroatoms. The summed E-state index contributed by atoms with van der Waals surface area (Å²) < 4.78 is 5.68. The smallest absolute Gasteiger partial charge is 0.137 e. The molecule has 0 aliphatic rings. The number of pyridine rings is 1. The van der Waals surface area contributed by atoms with Gasteiger partial charge in [-0.1, -0.05) is 34.6 Å². The average molecular weight is 264 g/mol. The Morgan fingerprint density at radius 2 is 2.00 bits per heavy atom. The zero-order valence-corrected chi connectivity index (χ0v) is 13.0. The lowest BCUT2D eigenvalue weighted by atomic mass is 9.78. The van der Waals surface area contributed by atoms with Crippen molar-refractivity contribution in [3.05, 3.63) is 24.0 Å². The number of hydrogen-bond acceptors (Lipinski definition) is 3. The summed E-state index contributed by atoms with van der Waals surface area (Å²) in [6.07, 6.45) is 5.87. The highest BCUT2D eigenvalue weighted by molar-refractivity contribution is 5.27. The van der Waals surface area contributed by atoms with E-state index in [9.17, 15) is 0 Å². The fourth-order valence-electron chi connectivity index (χ4n) is 2.15. The van der Waals surface area contributed by atoms with Gasteiger partial charge in [-0.05, 0) is 36.4 Å². The van der Waals surface area contributed by atoms with E-state index in [2.05, 4.69) is 51.0 Å². The first kappa shape index (κ1) is 16.0. The van der Waals surface area contributed by atoms with Crippen molar-refractivity contribution in [3.63, 3.8) is 0 Å². The lowest BCUT2D eigenvalue weighted by Crippen LogP contribution is -2.33. The molecule has 3 nitrogen and oxygen atoms in total. The van der Waals surface area contributed by atoms with Crippen LogP contribution in [0.3, 0.4) is 0 Å². The van der Waals surface area contributed by atoms with Crippen LogP contribution in [0.15, 0.2) is 18.5 Å². The molecule has 0 spiro atoms. The first-order valence-corrected chi connectivity index (χ1v) is 7.36. The summed E-state index contributed by atoms with van der Waals surface area (Å²) in [5.41, 5.74) is 1.41. The maximum atomic E-state index is 5.68. The Morgan fingerprint density at radius 3 is 2.58 bits per heavy atom. The van der Waals surface area contributed by atoms with Crippen molar-refractivity contribution in [3.8, 4) is 5.75 Å². The van der Waals surface area contributed by atoms with E-state index >= 15 is 0 Å². The van der Waals surface area contributed by atoms with Gasteiger partial charge < -0.3 is 10.1 Å². The van der Waals surface area contributed by atoms with Gasteiger partial charge in [0, 0.05) is 12.2 Å². The average Bonchev–Trinajstić information content (AvgIpc) is 2.42. The molecule has 0 bridgehead atoms. The summed E-state index contributed by atoms with van der Waals surface area (Å²) in [7, 11) is 0. The molecule has 108 valence electrons. The van der Waals surface area contributed by atoms with Gasteiger partial charge in [0.2, 0.25) is 0 Å². The van der Waals surface area contributed by atoms with Crippen LogP contribution in [-0.4, -0.2) is 18.1 Å². The summed E-state index contributed by atoms with van der Waals surface area (Å²) in [6, 6.07) is 2.42. The third-order valence-electron chi connectivity index (χ3n) is 3.64. The van der Waals surface area contributed by atoms with Gasteiger partial charge in [0.1, 0.15) is 5.75 Å². The monoisotopic (exact) mass is 264 g/mol. The van der Waals surface area contributed by atoms with Crippen LogP contribution in [0.5, 0.6) is 5.75 Å². The maximum absolute atomic E-state index is 5.68. The lowest BCUT2D eigenvalue weighted by Gasteiger charge is -2.34. The van der Waals surface area contributed by atoms with E-state index in [1.54, 1.807) is 6.20 Å². The minimum atomic E-state index is 0.196. The quantitative estimate of drug-likeness (QED) is 0.771. The molecule has 19 heavy (non-hydrogen) atoms. The predicted molar refractivity (Wildman–Crippen MR) is 80.5 cm³/mol. The summed E-state index contributed by atoms with van der Waals surface area (Å²) in [5, 5.41) is 3.58. The molecule has 1 aromatic rings. The first-order chi connectivity index (χ1) is 9.05. The van der Waals surface area contributed by atoms with E-state index in [-0.39, 0.29) is 5.41 Å². The molecule has 1 unspecified atom stereocenters. The van der Waals surface area contributed by atoms with Gasteiger partial charge in [0.25, 0.3) is 0 Å². The van der Waals surface area contributed by atoms with Crippen LogP contribution in [0.1, 0.15) is 59.1 Å². The SMILES string of the molecule is CCCOc1cncc(C(NCC)C(C)(C)CC)c1. The van der Waals surface area contributed by atoms with Crippen LogP contribution >= 0.6 is 0 Å². The summed E-state index contributed by atoms with van der Waals surface area (Å²) in [4.78, 5) is 4.32. The number of aromatic nitrogens is 1. The van der Waals surface area contributed by atoms with Crippen molar-refractivity contribution in [2.75, 3.05) is 13.2 Å². The van der Waals surface area contributed by atoms with Gasteiger partial charge in [-0.25, -0.2) is 0 Å². The van der Waals surface area contributed by atoms with Crippen LogP contribution < -0.4 is 10.1 Å². The Hall–Kier alpha value is -1.09. The van der Waals surface area contributed by atoms with Crippen molar-refractivity contribution in [1.29, 1.82) is 0 Å². The van der Waals surface area contributed by atoms with Gasteiger partial charge in [-0.2, -0.15) is 0 Å². The molecule has 0 fully saturated rings. The van der Waals surface area contributed by atoms with Crippen LogP contribution in [-0.2, 0) is 0 Å². The van der Waals surface area contributed by atoms with E-state index < -0.39 is 0 Å². The molecule has 1 heterocycles. The van der Waals surface area contributed by atoms with Gasteiger partial charge in [-0.3, -0.25) is 4.98 Å². The zero-order chi connectivity index (χ0) is 14.3. The number of hydrogen-bond donors (Lipinski definition) is 1. The van der Waals surface area contributed by atoms with E-state index in [0.717, 1.165) is 31.7 Å². The largest absolute Gasteiger partial charge is 0.492 e. The zero-order valence-electron chi connectivity index (χ0n) is 13.0. The van der Waals surface area contributed by atoms with Crippen molar-refractivity contribution in [2.24, 2.45) is 5.41 Å². The highest BCUT2D eigenvalue weighted by Gasteiger charge is 2.28. The van der Waals surface area contributed by atoms with Crippen molar-refractivity contribution < 1.29 is 4.74 Å². The predicted octanol–water partition coefficient (Wildman–Crippen LogP) is 3.96. The van der Waals surface area contributed by atoms with Crippen molar-refractivity contribution in [2.45, 2.75) is 53.5 Å². The third kappa shape index (κ3) is 4.50. The Morgan fingerprint density at radius 1 is 1.26 bits per heavy atom. The van der Waals surface area contributed by atoms with E-state index in [1.165, 1.54) is 5.56 Å². The molecule has 0 amide bonds. The van der Waals surface area contributed by atoms with Gasteiger partial charge in [-0.15, -0.1) is 0 Å². The van der Waals surface area contributed by atoms with Crippen molar-refractivity contribution >= 4 is 0 Å². The number of rotatable bonds is 8. The molecule has 0 saturated carbocycles. The molecular weight excluding hydrogens is 236 g/mol. The van der Waals surface area contributed by atoms with Crippen LogP contribution in [0.4, 0.5) is 0 Å². The topological polar surface area (TPSA) is 34.1 Å². The fraction of sp³-hybridized carbons (Fsp3) is 0.688. The van der Waals surface area contributed by atoms with Gasteiger partial charge in [0.15, 0.2) is 0 Å². The van der Waals surface area contributed by atoms with E-state index in [0.29, 0.717) is 6.04 Å². The Balaban J connectivity index is 2.95. The minimum Gasteiger partial charge on any atom is -0.492 e. The standard InChI is InChI=1S/C16H28N2O/c1-6-9-19-14-10-13(11-17-12-14)15(18-8-3)16(4,5)7-2/h10-12,15,18H,6-9H2,1-5H3. The molecule has 0 aromatic carbocycles. The molecule has 0 radical (unpaired) electrons. The molecule has 0 aliphatic carbocycles. The van der Waals surface area contributed by atoms with Crippen molar-refractivity contribution in [1.82, 2.24) is 10.3 Å². The van der Waals surface area contributed by atoms with Gasteiger partial charge in [0.05, 0.1) is 12.8 Å². The summed E-state index contributed by atoms with van der Waals surface area (Å²) >= 11 is 0. The lowest BCUT2D eigenvalue weighted by molar-refractivity contribution is 0.236. The highest BCUT2D eigenvalue weighted by atomic mass is 16.5. The molecule has 1 rings (SSSR count). The van der Waals surface area contributed by atoms with Crippen LogP contribution in [0, 0.1) is 5.41 Å². The Kier molecular flexibility index (Phi) is 6.29. The summed E-state index contributed by atoms with van der Waals surface area (Å²) in [5.74, 6) is 0.870. The maximum Gasteiger partial charge on any atom is 0.137 e. The normalized spacial score (nSPS) is 13.3. The molecule has 1 aromatic heterocycles. The Bertz CT molecular complexity index is 377. The van der Waals surface area contributed by atoms with Gasteiger partial charge >= 0.3 is 0 Å². The second kappa shape index (κ2) is 7.49. The number of nitrogens with zero attached hydrogens (tertiary/aromatic N) is 1. The molecule has 0 aliphatic heterocycles. The van der Waals surface area contributed by atoms with Crippen LogP contribution in [0.25, 0.3) is 0 Å². The number of ether oxygens (including phenoxy) is 1. The second-order valence-electron chi connectivity index (χ2n) is 5.64. The minimum absolute atomic E-state index is 0.196. The third-order valence-corrected chi connectivity index (χ3v) is 3.64. The summed E-state index contributed by atoms with van der Waals surface area (Å²) in [6.45, 7) is 12.8. The molecule has 0 saturated heterocycles. The highest BCUT2D eigenvalue weighted by Crippen LogP contribution is 2.36.